The lowest BCUT2D eigenvalue weighted by molar-refractivity contribution is 0.114. The molecule has 0 saturated carbocycles. The number of rotatable bonds is 4. The number of nitrogens with zero attached hydrogens (tertiary/aromatic N) is 1. The fourth-order valence-electron chi connectivity index (χ4n) is 1.39. The van der Waals surface area contributed by atoms with Crippen molar-refractivity contribution < 1.29 is 19.4 Å². The zero-order valence-corrected chi connectivity index (χ0v) is 10.3. The Kier molecular flexibility index (Phi) is 4.63. The average molecular weight is 239 g/mol. The van der Waals surface area contributed by atoms with E-state index in [2.05, 4.69) is 0 Å². The monoisotopic (exact) mass is 239 g/mol. The molecule has 5 nitrogen and oxygen atoms in total. The number of hydrogen-bond donors (Lipinski definition) is 1. The van der Waals surface area contributed by atoms with Crippen LogP contribution in [-0.2, 0) is 11.3 Å². The summed E-state index contributed by atoms with van der Waals surface area (Å²) in [7, 11) is 3.13. The molecule has 1 aromatic rings. The van der Waals surface area contributed by atoms with Crippen LogP contribution in [0.5, 0.6) is 11.5 Å². The molecule has 1 amide bonds. The Balaban J connectivity index is 2.71. The maximum absolute atomic E-state index is 11.4. The molecule has 0 bridgehead atoms. The second kappa shape index (κ2) is 5.98. The SMILES string of the molecule is CCOC(=O)N(C)Cc1ccc(O)c(OC)c1. The van der Waals surface area contributed by atoms with Gasteiger partial charge in [-0.25, -0.2) is 4.79 Å². The summed E-state index contributed by atoms with van der Waals surface area (Å²) in [4.78, 5) is 12.8. The molecule has 1 rings (SSSR count). The van der Waals surface area contributed by atoms with E-state index in [1.165, 1.54) is 18.1 Å². The van der Waals surface area contributed by atoms with Gasteiger partial charge in [0.1, 0.15) is 0 Å². The van der Waals surface area contributed by atoms with E-state index in [0.717, 1.165) is 5.56 Å². The molecule has 0 fully saturated rings. The third-order valence-corrected chi connectivity index (χ3v) is 2.24. The number of aromatic hydroxyl groups is 1. The number of methoxy groups -OCH3 is 1. The second-order valence-corrected chi connectivity index (χ2v) is 3.56. The van der Waals surface area contributed by atoms with Crippen LogP contribution >= 0.6 is 0 Å². The van der Waals surface area contributed by atoms with Gasteiger partial charge in [0.15, 0.2) is 11.5 Å². The maximum Gasteiger partial charge on any atom is 0.409 e. The molecule has 0 atom stereocenters. The first-order valence-electron chi connectivity index (χ1n) is 5.32. The Hall–Kier alpha value is -1.91. The molecule has 0 aliphatic carbocycles. The standard InChI is InChI=1S/C12H17NO4/c1-4-17-12(15)13(2)8-9-5-6-10(14)11(7-9)16-3/h5-7,14H,4,8H2,1-3H3. The van der Waals surface area contributed by atoms with Crippen LogP contribution in [-0.4, -0.2) is 36.9 Å². The quantitative estimate of drug-likeness (QED) is 0.872. The lowest BCUT2D eigenvalue weighted by Crippen LogP contribution is -2.26. The van der Waals surface area contributed by atoms with Gasteiger partial charge in [0.05, 0.1) is 13.7 Å². The number of carbonyl (C=O) groups excluding carboxylic acids is 1. The molecular formula is C12H17NO4. The van der Waals surface area contributed by atoms with Gasteiger partial charge in [-0.1, -0.05) is 6.07 Å². The minimum absolute atomic E-state index is 0.0787. The first kappa shape index (κ1) is 13.2. The summed E-state index contributed by atoms with van der Waals surface area (Å²) in [5.74, 6) is 0.467. The number of carbonyl (C=O) groups is 1. The van der Waals surface area contributed by atoms with Crippen LogP contribution in [0, 0.1) is 0 Å². The normalized spacial score (nSPS) is 9.82. The summed E-state index contributed by atoms with van der Waals surface area (Å²) in [6, 6.07) is 4.95. The summed E-state index contributed by atoms with van der Waals surface area (Å²) in [6.07, 6.45) is -0.375. The van der Waals surface area contributed by atoms with Crippen LogP contribution in [0.4, 0.5) is 4.79 Å². The van der Waals surface area contributed by atoms with Crippen molar-refractivity contribution in [3.05, 3.63) is 23.8 Å². The van der Waals surface area contributed by atoms with Crippen molar-refractivity contribution in [2.24, 2.45) is 0 Å². The highest BCUT2D eigenvalue weighted by molar-refractivity contribution is 5.67. The second-order valence-electron chi connectivity index (χ2n) is 3.56. The van der Waals surface area contributed by atoms with Gasteiger partial charge in [-0.3, -0.25) is 0 Å². The molecule has 1 aromatic carbocycles. The van der Waals surface area contributed by atoms with Crippen LogP contribution in [0.25, 0.3) is 0 Å². The van der Waals surface area contributed by atoms with E-state index < -0.39 is 0 Å². The van der Waals surface area contributed by atoms with Crippen LogP contribution in [0.1, 0.15) is 12.5 Å². The Morgan fingerprint density at radius 3 is 2.76 bits per heavy atom. The lowest BCUT2D eigenvalue weighted by atomic mass is 10.2. The molecule has 0 saturated heterocycles. The van der Waals surface area contributed by atoms with Crippen LogP contribution in [0.2, 0.25) is 0 Å². The van der Waals surface area contributed by atoms with E-state index in [9.17, 15) is 9.90 Å². The molecule has 5 heteroatoms. The van der Waals surface area contributed by atoms with E-state index in [1.807, 2.05) is 0 Å². The number of phenolic OH excluding ortho intramolecular Hbond substituents is 1. The number of amides is 1. The van der Waals surface area contributed by atoms with Gasteiger partial charge >= 0.3 is 6.09 Å². The number of phenols is 1. The Labute approximate surface area is 101 Å². The molecule has 0 radical (unpaired) electrons. The summed E-state index contributed by atoms with van der Waals surface area (Å²) in [5, 5.41) is 9.43. The largest absolute Gasteiger partial charge is 0.504 e. The molecule has 0 unspecified atom stereocenters. The molecule has 17 heavy (non-hydrogen) atoms. The van der Waals surface area contributed by atoms with Gasteiger partial charge in [-0.05, 0) is 24.6 Å². The zero-order valence-electron chi connectivity index (χ0n) is 10.3. The third-order valence-electron chi connectivity index (χ3n) is 2.24. The molecule has 0 aromatic heterocycles. The summed E-state index contributed by atoms with van der Waals surface area (Å²) in [6.45, 7) is 2.51. The molecule has 0 aliphatic heterocycles. The minimum atomic E-state index is -0.375. The van der Waals surface area contributed by atoms with Gasteiger partial charge in [0.2, 0.25) is 0 Å². The fraction of sp³-hybridized carbons (Fsp3) is 0.417. The Bertz CT molecular complexity index is 392. The van der Waals surface area contributed by atoms with Crippen molar-refractivity contribution in [3.63, 3.8) is 0 Å². The predicted octanol–water partition coefficient (Wildman–Crippen LogP) is 1.99. The summed E-state index contributed by atoms with van der Waals surface area (Å²) >= 11 is 0. The van der Waals surface area contributed by atoms with Gasteiger partial charge in [-0.2, -0.15) is 0 Å². The summed E-state index contributed by atoms with van der Waals surface area (Å²) < 4.78 is 9.85. The van der Waals surface area contributed by atoms with E-state index in [0.29, 0.717) is 18.9 Å². The van der Waals surface area contributed by atoms with Crippen molar-refractivity contribution in [2.75, 3.05) is 20.8 Å². The zero-order chi connectivity index (χ0) is 12.8. The Morgan fingerprint density at radius 1 is 1.47 bits per heavy atom. The van der Waals surface area contributed by atoms with Gasteiger partial charge in [0, 0.05) is 13.6 Å². The average Bonchev–Trinajstić information content (AvgIpc) is 2.31. The lowest BCUT2D eigenvalue weighted by Gasteiger charge is -2.17. The van der Waals surface area contributed by atoms with Gasteiger partial charge in [0.25, 0.3) is 0 Å². The van der Waals surface area contributed by atoms with Crippen molar-refractivity contribution in [3.8, 4) is 11.5 Å². The van der Waals surface area contributed by atoms with Gasteiger partial charge < -0.3 is 19.5 Å². The highest BCUT2D eigenvalue weighted by atomic mass is 16.6. The molecule has 94 valence electrons. The predicted molar refractivity (Wildman–Crippen MR) is 63.1 cm³/mol. The van der Waals surface area contributed by atoms with Crippen molar-refractivity contribution >= 4 is 6.09 Å². The molecule has 0 spiro atoms. The van der Waals surface area contributed by atoms with E-state index >= 15 is 0 Å². The maximum atomic E-state index is 11.4. The molecule has 0 aliphatic rings. The van der Waals surface area contributed by atoms with Crippen molar-refractivity contribution in [1.82, 2.24) is 4.90 Å². The third kappa shape index (κ3) is 3.55. The first-order valence-corrected chi connectivity index (χ1v) is 5.32. The highest BCUT2D eigenvalue weighted by Gasteiger charge is 2.11. The van der Waals surface area contributed by atoms with Crippen LogP contribution in [0.3, 0.4) is 0 Å². The van der Waals surface area contributed by atoms with E-state index in [-0.39, 0.29) is 11.8 Å². The Morgan fingerprint density at radius 2 is 2.18 bits per heavy atom. The fourth-order valence-corrected chi connectivity index (χ4v) is 1.39. The summed E-state index contributed by atoms with van der Waals surface area (Å²) in [5.41, 5.74) is 0.857. The first-order chi connectivity index (χ1) is 8.08. The minimum Gasteiger partial charge on any atom is -0.504 e. The molecule has 0 heterocycles. The van der Waals surface area contributed by atoms with E-state index in [1.54, 1.807) is 26.1 Å². The molecular weight excluding hydrogens is 222 g/mol. The highest BCUT2D eigenvalue weighted by Crippen LogP contribution is 2.26. The topological polar surface area (TPSA) is 59.0 Å². The van der Waals surface area contributed by atoms with Crippen molar-refractivity contribution in [1.29, 1.82) is 0 Å². The number of ether oxygens (including phenoxy) is 2. The van der Waals surface area contributed by atoms with E-state index in [4.69, 9.17) is 9.47 Å². The smallest absolute Gasteiger partial charge is 0.409 e. The van der Waals surface area contributed by atoms with Crippen molar-refractivity contribution in [2.45, 2.75) is 13.5 Å². The van der Waals surface area contributed by atoms with Gasteiger partial charge in [-0.15, -0.1) is 0 Å². The van der Waals surface area contributed by atoms with Crippen LogP contribution in [0.15, 0.2) is 18.2 Å². The molecule has 1 N–H and O–H groups in total. The number of benzene rings is 1. The number of hydrogen-bond acceptors (Lipinski definition) is 4. The van der Waals surface area contributed by atoms with Crippen LogP contribution < -0.4 is 4.74 Å².